The first-order valence-electron chi connectivity index (χ1n) is 10.6. The van der Waals surface area contributed by atoms with Crippen LogP contribution in [0.5, 0.6) is 0 Å². The van der Waals surface area contributed by atoms with E-state index in [4.69, 9.17) is 0 Å². The van der Waals surface area contributed by atoms with Gasteiger partial charge in [-0.25, -0.2) is 0 Å². The van der Waals surface area contributed by atoms with E-state index in [9.17, 15) is 14.9 Å². The minimum Gasteiger partial charge on any atom is -0.368 e. The maximum Gasteiger partial charge on any atom is 0.292 e. The number of benzene rings is 2. The summed E-state index contributed by atoms with van der Waals surface area (Å²) in [5.74, 6) is 0.246. The Morgan fingerprint density at radius 3 is 2.30 bits per heavy atom. The van der Waals surface area contributed by atoms with Gasteiger partial charge in [0.05, 0.1) is 4.92 Å². The van der Waals surface area contributed by atoms with Crippen LogP contribution in [0.4, 0.5) is 17.1 Å². The van der Waals surface area contributed by atoms with Crippen molar-refractivity contribution in [3.8, 4) is 0 Å². The maximum absolute atomic E-state index is 13.0. The standard InChI is InChI=1S/C23H28N4O3/c1-18-5-4-6-20(17-18)24-13-15-26(16-14-24)23(28)19-9-11-25(12-10-19)21-7-2-3-8-22(21)27(29)30/h2-8,17,19H,9-16H2,1H3. The number of carbonyl (C=O) groups is 1. The topological polar surface area (TPSA) is 69.9 Å². The normalized spacial score (nSPS) is 17.8. The van der Waals surface area contributed by atoms with Crippen molar-refractivity contribution in [2.45, 2.75) is 19.8 Å². The predicted molar refractivity (Wildman–Crippen MR) is 118 cm³/mol. The van der Waals surface area contributed by atoms with Crippen molar-refractivity contribution in [2.24, 2.45) is 5.92 Å². The van der Waals surface area contributed by atoms with Crippen LogP contribution in [-0.2, 0) is 4.79 Å². The molecule has 2 aromatic carbocycles. The minimum absolute atomic E-state index is 0.00883. The van der Waals surface area contributed by atoms with Gasteiger partial charge in [0.2, 0.25) is 5.91 Å². The minimum atomic E-state index is -0.333. The van der Waals surface area contributed by atoms with Crippen molar-refractivity contribution in [1.82, 2.24) is 4.90 Å². The Hall–Kier alpha value is -3.09. The second-order valence-corrected chi connectivity index (χ2v) is 8.16. The summed E-state index contributed by atoms with van der Waals surface area (Å²) in [6.45, 7) is 6.64. The van der Waals surface area contributed by atoms with Gasteiger partial charge in [-0.3, -0.25) is 14.9 Å². The molecule has 2 aromatic rings. The molecule has 2 aliphatic heterocycles. The highest BCUT2D eigenvalue weighted by molar-refractivity contribution is 5.79. The lowest BCUT2D eigenvalue weighted by Crippen LogP contribution is -2.51. The van der Waals surface area contributed by atoms with Crippen molar-refractivity contribution in [3.05, 3.63) is 64.2 Å². The van der Waals surface area contributed by atoms with E-state index in [1.807, 2.05) is 15.9 Å². The molecular weight excluding hydrogens is 380 g/mol. The van der Waals surface area contributed by atoms with E-state index < -0.39 is 0 Å². The summed E-state index contributed by atoms with van der Waals surface area (Å²) in [7, 11) is 0. The Morgan fingerprint density at radius 2 is 1.63 bits per heavy atom. The number of para-hydroxylation sites is 2. The molecule has 0 spiro atoms. The molecule has 0 saturated carbocycles. The molecule has 0 radical (unpaired) electrons. The molecule has 0 bridgehead atoms. The highest BCUT2D eigenvalue weighted by Crippen LogP contribution is 2.31. The lowest BCUT2D eigenvalue weighted by molar-refractivity contribution is -0.384. The van der Waals surface area contributed by atoms with Crippen LogP contribution in [-0.4, -0.2) is 55.0 Å². The fourth-order valence-corrected chi connectivity index (χ4v) is 4.52. The summed E-state index contributed by atoms with van der Waals surface area (Å²) >= 11 is 0. The van der Waals surface area contributed by atoms with Crippen LogP contribution in [0.15, 0.2) is 48.5 Å². The van der Waals surface area contributed by atoms with Crippen molar-refractivity contribution < 1.29 is 9.72 Å². The molecular formula is C23H28N4O3. The molecule has 2 heterocycles. The molecule has 0 aromatic heterocycles. The number of carbonyl (C=O) groups excluding carboxylic acids is 1. The van der Waals surface area contributed by atoms with Gasteiger partial charge in [-0.2, -0.15) is 0 Å². The summed E-state index contributed by atoms with van der Waals surface area (Å²) in [4.78, 5) is 30.4. The number of amides is 1. The smallest absolute Gasteiger partial charge is 0.292 e. The van der Waals surface area contributed by atoms with E-state index in [0.29, 0.717) is 18.8 Å². The van der Waals surface area contributed by atoms with Gasteiger partial charge in [-0.1, -0.05) is 24.3 Å². The molecule has 2 aliphatic rings. The fourth-order valence-electron chi connectivity index (χ4n) is 4.52. The van der Waals surface area contributed by atoms with Crippen LogP contribution in [0.25, 0.3) is 0 Å². The zero-order valence-corrected chi connectivity index (χ0v) is 17.4. The van der Waals surface area contributed by atoms with Crippen molar-refractivity contribution in [2.75, 3.05) is 49.1 Å². The third kappa shape index (κ3) is 4.25. The number of rotatable bonds is 4. The van der Waals surface area contributed by atoms with Crippen molar-refractivity contribution in [3.63, 3.8) is 0 Å². The number of anilines is 2. The van der Waals surface area contributed by atoms with Crippen LogP contribution in [0.3, 0.4) is 0 Å². The number of hydrogen-bond donors (Lipinski definition) is 0. The Balaban J connectivity index is 1.32. The largest absolute Gasteiger partial charge is 0.368 e. The summed E-state index contributed by atoms with van der Waals surface area (Å²) in [6, 6.07) is 15.3. The van der Waals surface area contributed by atoms with Gasteiger partial charge in [0.1, 0.15) is 5.69 Å². The molecule has 7 heteroatoms. The summed E-state index contributed by atoms with van der Waals surface area (Å²) in [6.07, 6.45) is 1.48. The van der Waals surface area contributed by atoms with E-state index in [1.165, 1.54) is 11.3 Å². The van der Waals surface area contributed by atoms with Crippen LogP contribution in [0, 0.1) is 23.0 Å². The van der Waals surface area contributed by atoms with E-state index in [0.717, 1.165) is 39.0 Å². The second kappa shape index (κ2) is 8.73. The average Bonchev–Trinajstić information content (AvgIpc) is 2.79. The van der Waals surface area contributed by atoms with E-state index in [1.54, 1.807) is 18.2 Å². The Morgan fingerprint density at radius 1 is 0.933 bits per heavy atom. The molecule has 30 heavy (non-hydrogen) atoms. The molecule has 2 saturated heterocycles. The first kappa shape index (κ1) is 20.2. The van der Waals surface area contributed by atoms with Gasteiger partial charge < -0.3 is 14.7 Å². The first-order valence-corrected chi connectivity index (χ1v) is 10.6. The number of aryl methyl sites for hydroxylation is 1. The van der Waals surface area contributed by atoms with Crippen LogP contribution < -0.4 is 9.80 Å². The molecule has 2 fully saturated rings. The monoisotopic (exact) mass is 408 g/mol. The van der Waals surface area contributed by atoms with Crippen LogP contribution in [0.1, 0.15) is 18.4 Å². The first-order chi connectivity index (χ1) is 14.5. The zero-order chi connectivity index (χ0) is 21.1. The van der Waals surface area contributed by atoms with Gasteiger partial charge in [0.25, 0.3) is 5.69 Å². The summed E-state index contributed by atoms with van der Waals surface area (Å²) < 4.78 is 0. The highest BCUT2D eigenvalue weighted by Gasteiger charge is 2.32. The lowest BCUT2D eigenvalue weighted by atomic mass is 9.94. The molecule has 0 aliphatic carbocycles. The van der Waals surface area contributed by atoms with Gasteiger partial charge >= 0.3 is 0 Å². The zero-order valence-electron chi connectivity index (χ0n) is 17.4. The number of nitro benzene ring substituents is 1. The Labute approximate surface area is 177 Å². The number of piperidine rings is 1. The third-order valence-electron chi connectivity index (χ3n) is 6.22. The van der Waals surface area contributed by atoms with E-state index >= 15 is 0 Å². The fraction of sp³-hybridized carbons (Fsp3) is 0.435. The number of nitro groups is 1. The van der Waals surface area contributed by atoms with Gasteiger partial charge in [0, 0.05) is 56.9 Å². The molecule has 4 rings (SSSR count). The molecule has 1 amide bonds. The molecule has 7 nitrogen and oxygen atoms in total. The molecule has 158 valence electrons. The molecule has 0 N–H and O–H groups in total. The van der Waals surface area contributed by atoms with Crippen LogP contribution >= 0.6 is 0 Å². The number of hydrogen-bond acceptors (Lipinski definition) is 5. The molecule has 0 unspecified atom stereocenters. The second-order valence-electron chi connectivity index (χ2n) is 8.16. The quantitative estimate of drug-likeness (QED) is 0.572. The Kier molecular flexibility index (Phi) is 5.88. The average molecular weight is 409 g/mol. The van der Waals surface area contributed by atoms with Crippen LogP contribution in [0.2, 0.25) is 0 Å². The third-order valence-corrected chi connectivity index (χ3v) is 6.22. The molecule has 0 atom stereocenters. The van der Waals surface area contributed by atoms with Crippen molar-refractivity contribution >= 4 is 23.0 Å². The Bertz CT molecular complexity index is 916. The maximum atomic E-state index is 13.0. The summed E-state index contributed by atoms with van der Waals surface area (Å²) in [5, 5.41) is 11.3. The number of piperazine rings is 1. The van der Waals surface area contributed by atoms with Gasteiger partial charge in [0.15, 0.2) is 0 Å². The van der Waals surface area contributed by atoms with Gasteiger partial charge in [-0.05, 0) is 43.5 Å². The summed E-state index contributed by atoms with van der Waals surface area (Å²) in [5.41, 5.74) is 3.26. The van der Waals surface area contributed by atoms with E-state index in [2.05, 4.69) is 36.1 Å². The predicted octanol–water partition coefficient (Wildman–Crippen LogP) is 3.47. The van der Waals surface area contributed by atoms with Crippen molar-refractivity contribution in [1.29, 1.82) is 0 Å². The van der Waals surface area contributed by atoms with E-state index in [-0.39, 0.29) is 22.4 Å². The van der Waals surface area contributed by atoms with Gasteiger partial charge in [-0.15, -0.1) is 0 Å². The highest BCUT2D eigenvalue weighted by atomic mass is 16.6. The SMILES string of the molecule is Cc1cccc(N2CCN(C(=O)C3CCN(c4ccccc4[N+](=O)[O-])CC3)CC2)c1. The number of nitrogens with zero attached hydrogens (tertiary/aromatic N) is 4. The lowest BCUT2D eigenvalue weighted by Gasteiger charge is -2.39.